The van der Waals surface area contributed by atoms with E-state index >= 15 is 0 Å². The molecular weight excluding hydrogens is 116 g/mol. The minimum atomic E-state index is 0.137. The summed E-state index contributed by atoms with van der Waals surface area (Å²) in [5.74, 6) is 5.37. The third-order valence-electron chi connectivity index (χ3n) is 1.16. The molecule has 0 spiro atoms. The SMILES string of the molecule is CC(C)C(=O)CCNN. The minimum absolute atomic E-state index is 0.137. The second-order valence-corrected chi connectivity index (χ2v) is 2.33. The fraction of sp³-hybridized carbons (Fsp3) is 0.833. The molecule has 0 amide bonds. The van der Waals surface area contributed by atoms with Crippen LogP contribution in [0.25, 0.3) is 0 Å². The Hall–Kier alpha value is -0.410. The molecule has 3 heteroatoms. The Morgan fingerprint density at radius 1 is 1.67 bits per heavy atom. The Morgan fingerprint density at radius 2 is 2.22 bits per heavy atom. The van der Waals surface area contributed by atoms with Crippen LogP contribution in [-0.4, -0.2) is 12.3 Å². The number of hydrazine groups is 1. The molecule has 0 atom stereocenters. The van der Waals surface area contributed by atoms with Crippen molar-refractivity contribution in [1.29, 1.82) is 0 Å². The van der Waals surface area contributed by atoms with Crippen LogP contribution in [0.3, 0.4) is 0 Å². The summed E-state index contributed by atoms with van der Waals surface area (Å²) >= 11 is 0. The van der Waals surface area contributed by atoms with E-state index in [1.54, 1.807) is 0 Å². The highest BCUT2D eigenvalue weighted by atomic mass is 16.1. The summed E-state index contributed by atoms with van der Waals surface area (Å²) in [6.07, 6.45) is 0.536. The number of Topliss-reactive ketones (excluding diaryl/α,β-unsaturated/α-hetero) is 1. The number of nitrogens with two attached hydrogens (primary N) is 1. The molecule has 0 aromatic carbocycles. The summed E-state index contributed by atoms with van der Waals surface area (Å²) in [6, 6.07) is 0. The van der Waals surface area contributed by atoms with E-state index < -0.39 is 0 Å². The van der Waals surface area contributed by atoms with Crippen LogP contribution < -0.4 is 11.3 Å². The highest BCUT2D eigenvalue weighted by Crippen LogP contribution is 1.96. The Labute approximate surface area is 55.6 Å². The molecule has 9 heavy (non-hydrogen) atoms. The first-order chi connectivity index (χ1) is 4.18. The monoisotopic (exact) mass is 130 g/mol. The third kappa shape index (κ3) is 4.12. The summed E-state index contributed by atoms with van der Waals surface area (Å²) in [4.78, 5) is 10.8. The summed E-state index contributed by atoms with van der Waals surface area (Å²) in [6.45, 7) is 4.36. The van der Waals surface area contributed by atoms with Crippen molar-refractivity contribution in [3.63, 3.8) is 0 Å². The largest absolute Gasteiger partial charge is 0.299 e. The first-order valence-corrected chi connectivity index (χ1v) is 3.14. The van der Waals surface area contributed by atoms with Crippen molar-refractivity contribution >= 4 is 5.78 Å². The van der Waals surface area contributed by atoms with E-state index in [2.05, 4.69) is 5.43 Å². The number of hydrogen-bond donors (Lipinski definition) is 2. The molecule has 0 radical (unpaired) electrons. The van der Waals surface area contributed by atoms with Crippen molar-refractivity contribution in [1.82, 2.24) is 5.43 Å². The Morgan fingerprint density at radius 3 is 2.56 bits per heavy atom. The molecule has 0 saturated carbocycles. The highest BCUT2D eigenvalue weighted by molar-refractivity contribution is 5.80. The van der Waals surface area contributed by atoms with Crippen LogP contribution in [0.4, 0.5) is 0 Å². The van der Waals surface area contributed by atoms with Crippen LogP contribution in [0.1, 0.15) is 20.3 Å². The van der Waals surface area contributed by atoms with Gasteiger partial charge in [-0.25, -0.2) is 0 Å². The van der Waals surface area contributed by atoms with E-state index in [0.29, 0.717) is 13.0 Å². The van der Waals surface area contributed by atoms with Crippen molar-refractivity contribution in [2.45, 2.75) is 20.3 Å². The molecule has 0 aromatic rings. The van der Waals surface area contributed by atoms with E-state index in [4.69, 9.17) is 5.84 Å². The molecule has 0 aliphatic rings. The van der Waals surface area contributed by atoms with Gasteiger partial charge in [0.15, 0.2) is 0 Å². The van der Waals surface area contributed by atoms with Crippen LogP contribution in [0, 0.1) is 5.92 Å². The lowest BCUT2D eigenvalue weighted by Crippen LogP contribution is -2.26. The maximum atomic E-state index is 10.8. The maximum absolute atomic E-state index is 10.8. The molecule has 0 aromatic heterocycles. The van der Waals surface area contributed by atoms with E-state index in [1.165, 1.54) is 0 Å². The predicted octanol–water partition coefficient (Wildman–Crippen LogP) is 0.0649. The molecule has 0 heterocycles. The molecule has 3 nitrogen and oxygen atoms in total. The summed E-state index contributed by atoms with van der Waals surface area (Å²) < 4.78 is 0. The van der Waals surface area contributed by atoms with Gasteiger partial charge in [-0.05, 0) is 0 Å². The molecule has 0 saturated heterocycles. The van der Waals surface area contributed by atoms with Crippen LogP contribution in [0.5, 0.6) is 0 Å². The zero-order chi connectivity index (χ0) is 7.28. The van der Waals surface area contributed by atoms with Crippen molar-refractivity contribution in [3.05, 3.63) is 0 Å². The van der Waals surface area contributed by atoms with Gasteiger partial charge in [-0.3, -0.25) is 16.1 Å². The van der Waals surface area contributed by atoms with Gasteiger partial charge in [-0.2, -0.15) is 0 Å². The summed E-state index contributed by atoms with van der Waals surface area (Å²) in [7, 11) is 0. The van der Waals surface area contributed by atoms with Crippen molar-refractivity contribution in [2.75, 3.05) is 6.54 Å². The van der Waals surface area contributed by atoms with Crippen molar-refractivity contribution in [2.24, 2.45) is 11.8 Å². The fourth-order valence-corrected chi connectivity index (χ4v) is 0.484. The van der Waals surface area contributed by atoms with Gasteiger partial charge in [0.05, 0.1) is 0 Å². The number of carbonyl (C=O) groups excluding carboxylic acids is 1. The van der Waals surface area contributed by atoms with Gasteiger partial charge in [-0.15, -0.1) is 0 Å². The van der Waals surface area contributed by atoms with Crippen LogP contribution >= 0.6 is 0 Å². The first-order valence-electron chi connectivity index (χ1n) is 3.14. The first kappa shape index (κ1) is 8.59. The lowest BCUT2D eigenvalue weighted by molar-refractivity contribution is -0.121. The molecule has 0 aliphatic carbocycles. The standard InChI is InChI=1S/C6H14N2O/c1-5(2)6(9)3-4-8-7/h5,8H,3-4,7H2,1-2H3. The molecular formula is C6H14N2O. The van der Waals surface area contributed by atoms with E-state index in [1.807, 2.05) is 13.8 Å². The molecule has 0 unspecified atom stereocenters. The van der Waals surface area contributed by atoms with Gasteiger partial charge in [0.25, 0.3) is 0 Å². The molecule has 0 rings (SSSR count). The molecule has 3 N–H and O–H groups in total. The lowest BCUT2D eigenvalue weighted by atomic mass is 10.1. The van der Waals surface area contributed by atoms with Crippen LogP contribution in [0.2, 0.25) is 0 Å². The second kappa shape index (κ2) is 4.47. The summed E-state index contributed by atoms with van der Waals surface area (Å²) in [5, 5.41) is 0. The quantitative estimate of drug-likeness (QED) is 0.418. The maximum Gasteiger partial charge on any atom is 0.136 e. The fourth-order valence-electron chi connectivity index (χ4n) is 0.484. The lowest BCUT2D eigenvalue weighted by Gasteiger charge is -2.01. The van der Waals surface area contributed by atoms with E-state index in [0.717, 1.165) is 0 Å². The Kier molecular flexibility index (Phi) is 4.26. The van der Waals surface area contributed by atoms with Crippen LogP contribution in [0.15, 0.2) is 0 Å². The topological polar surface area (TPSA) is 55.1 Å². The van der Waals surface area contributed by atoms with Gasteiger partial charge in [0, 0.05) is 18.9 Å². The normalized spacial score (nSPS) is 10.2. The van der Waals surface area contributed by atoms with Crippen LogP contribution in [-0.2, 0) is 4.79 Å². The second-order valence-electron chi connectivity index (χ2n) is 2.33. The average Bonchev–Trinajstić information content (AvgIpc) is 1.82. The number of nitrogens with one attached hydrogen (secondary N) is 1. The number of rotatable bonds is 4. The van der Waals surface area contributed by atoms with E-state index in [-0.39, 0.29) is 11.7 Å². The van der Waals surface area contributed by atoms with Gasteiger partial charge in [0.1, 0.15) is 5.78 Å². The van der Waals surface area contributed by atoms with E-state index in [9.17, 15) is 4.79 Å². The zero-order valence-corrected chi connectivity index (χ0v) is 5.98. The highest BCUT2D eigenvalue weighted by Gasteiger charge is 2.04. The van der Waals surface area contributed by atoms with Gasteiger partial charge < -0.3 is 0 Å². The predicted molar refractivity (Wildman–Crippen MR) is 36.7 cm³/mol. The van der Waals surface area contributed by atoms with Gasteiger partial charge in [0.2, 0.25) is 0 Å². The minimum Gasteiger partial charge on any atom is -0.299 e. The van der Waals surface area contributed by atoms with Gasteiger partial charge in [-0.1, -0.05) is 13.8 Å². The van der Waals surface area contributed by atoms with Crippen molar-refractivity contribution in [3.8, 4) is 0 Å². The Balaban J connectivity index is 3.28. The molecule has 0 aliphatic heterocycles. The number of carbonyl (C=O) groups is 1. The average molecular weight is 130 g/mol. The smallest absolute Gasteiger partial charge is 0.136 e. The van der Waals surface area contributed by atoms with Crippen molar-refractivity contribution < 1.29 is 4.79 Å². The zero-order valence-electron chi connectivity index (χ0n) is 5.98. The number of ketones is 1. The van der Waals surface area contributed by atoms with Gasteiger partial charge >= 0.3 is 0 Å². The summed E-state index contributed by atoms with van der Waals surface area (Å²) in [5.41, 5.74) is 2.43. The molecule has 54 valence electrons. The molecule has 0 bridgehead atoms. The molecule has 0 fully saturated rings. The number of hydrogen-bond acceptors (Lipinski definition) is 3. The third-order valence-corrected chi connectivity index (χ3v) is 1.16. The Bertz CT molecular complexity index is 91.1.